The standard InChI is InChI=1S/C29H37FN6O3/c1-4-31-27(37)18-26-24-9-7-22(30)17-25(24)29(39)36(33-26)19-28(38)32-10-5-11-34-12-14-35(15-13-34)23-8-6-20(2)21(3)16-23/h6-9,16-17H,4-5,10-15,18-19H2,1-3H3,(H,31,37)(H,32,38). The lowest BCUT2D eigenvalue weighted by Crippen LogP contribution is -2.47. The Balaban J connectivity index is 1.28. The summed E-state index contributed by atoms with van der Waals surface area (Å²) in [7, 11) is 0. The molecule has 2 N–H and O–H groups in total. The van der Waals surface area contributed by atoms with Crippen molar-refractivity contribution in [3.05, 3.63) is 69.4 Å². The summed E-state index contributed by atoms with van der Waals surface area (Å²) in [6.45, 7) is 11.4. The second-order valence-corrected chi connectivity index (χ2v) is 10.0. The quantitative estimate of drug-likeness (QED) is 0.386. The van der Waals surface area contributed by atoms with Gasteiger partial charge in [-0.2, -0.15) is 5.10 Å². The van der Waals surface area contributed by atoms with Crippen LogP contribution in [0.25, 0.3) is 10.8 Å². The highest BCUT2D eigenvalue weighted by molar-refractivity contribution is 5.88. The van der Waals surface area contributed by atoms with Gasteiger partial charge in [-0.25, -0.2) is 9.07 Å². The maximum absolute atomic E-state index is 13.9. The van der Waals surface area contributed by atoms with E-state index in [0.29, 0.717) is 24.2 Å². The van der Waals surface area contributed by atoms with Crippen LogP contribution in [0.1, 0.15) is 30.2 Å². The van der Waals surface area contributed by atoms with E-state index < -0.39 is 11.4 Å². The minimum Gasteiger partial charge on any atom is -0.369 e. The molecule has 2 aromatic carbocycles. The average Bonchev–Trinajstić information content (AvgIpc) is 2.91. The molecular formula is C29H37FN6O3. The Morgan fingerprint density at radius 1 is 0.949 bits per heavy atom. The number of benzene rings is 2. The summed E-state index contributed by atoms with van der Waals surface area (Å²) in [6.07, 6.45) is 0.706. The fourth-order valence-corrected chi connectivity index (χ4v) is 4.85. The maximum Gasteiger partial charge on any atom is 0.275 e. The van der Waals surface area contributed by atoms with Gasteiger partial charge >= 0.3 is 0 Å². The van der Waals surface area contributed by atoms with E-state index in [-0.39, 0.29) is 30.2 Å². The zero-order valence-corrected chi connectivity index (χ0v) is 22.9. The normalized spacial score (nSPS) is 14.0. The topological polar surface area (TPSA) is 99.6 Å². The fraction of sp³-hybridized carbons (Fsp3) is 0.448. The van der Waals surface area contributed by atoms with Gasteiger partial charge in [-0.15, -0.1) is 0 Å². The van der Waals surface area contributed by atoms with Crippen LogP contribution in [0.3, 0.4) is 0 Å². The molecule has 1 fully saturated rings. The minimum atomic E-state index is -0.569. The molecule has 1 aliphatic heterocycles. The third-order valence-electron chi connectivity index (χ3n) is 7.20. The summed E-state index contributed by atoms with van der Waals surface area (Å²) < 4.78 is 14.9. The Kier molecular flexibility index (Phi) is 9.29. The zero-order chi connectivity index (χ0) is 27.9. The second kappa shape index (κ2) is 12.8. The number of anilines is 1. The number of halogens is 1. The van der Waals surface area contributed by atoms with Crippen LogP contribution in [-0.4, -0.2) is 72.3 Å². The molecule has 1 saturated heterocycles. The molecule has 39 heavy (non-hydrogen) atoms. The summed E-state index contributed by atoms with van der Waals surface area (Å²) in [5.41, 5.74) is 3.62. The molecule has 0 atom stereocenters. The first-order valence-electron chi connectivity index (χ1n) is 13.5. The van der Waals surface area contributed by atoms with Gasteiger partial charge in [0.2, 0.25) is 11.8 Å². The second-order valence-electron chi connectivity index (χ2n) is 10.0. The average molecular weight is 537 g/mol. The summed E-state index contributed by atoms with van der Waals surface area (Å²) >= 11 is 0. The van der Waals surface area contributed by atoms with Crippen molar-refractivity contribution >= 4 is 28.3 Å². The Morgan fingerprint density at radius 2 is 1.72 bits per heavy atom. The van der Waals surface area contributed by atoms with Gasteiger partial charge in [0.1, 0.15) is 12.4 Å². The molecule has 4 rings (SSSR count). The Hall–Kier alpha value is -3.79. The number of likely N-dealkylation sites (N-methyl/N-ethyl adjacent to an activating group) is 1. The van der Waals surface area contributed by atoms with Crippen LogP contribution in [-0.2, 0) is 22.6 Å². The van der Waals surface area contributed by atoms with Crippen molar-refractivity contribution in [3.8, 4) is 0 Å². The summed E-state index contributed by atoms with van der Waals surface area (Å²) in [5.74, 6) is -1.19. The van der Waals surface area contributed by atoms with Crippen LogP contribution in [0.2, 0.25) is 0 Å². The Morgan fingerprint density at radius 3 is 2.44 bits per heavy atom. The number of aromatic nitrogens is 2. The lowest BCUT2D eigenvalue weighted by atomic mass is 10.1. The number of hydrogen-bond acceptors (Lipinski definition) is 6. The number of carbonyl (C=O) groups is 2. The first kappa shape index (κ1) is 28.2. The summed E-state index contributed by atoms with van der Waals surface area (Å²) in [4.78, 5) is 42.5. The molecule has 10 heteroatoms. The molecule has 208 valence electrons. The summed E-state index contributed by atoms with van der Waals surface area (Å²) in [5, 5.41) is 10.3. The molecule has 0 saturated carbocycles. The minimum absolute atomic E-state index is 0.0747. The molecule has 0 aliphatic carbocycles. The number of nitrogens with zero attached hydrogens (tertiary/aromatic N) is 4. The van der Waals surface area contributed by atoms with E-state index in [9.17, 15) is 18.8 Å². The fourth-order valence-electron chi connectivity index (χ4n) is 4.85. The van der Waals surface area contributed by atoms with Gasteiger partial charge in [-0.1, -0.05) is 6.07 Å². The van der Waals surface area contributed by atoms with Crippen molar-refractivity contribution in [1.29, 1.82) is 0 Å². The van der Waals surface area contributed by atoms with Gasteiger partial charge in [0.05, 0.1) is 17.5 Å². The lowest BCUT2D eigenvalue weighted by Gasteiger charge is -2.36. The van der Waals surface area contributed by atoms with Gasteiger partial charge in [-0.3, -0.25) is 19.3 Å². The van der Waals surface area contributed by atoms with E-state index in [0.717, 1.165) is 49.9 Å². The number of fused-ring (bicyclic) bond motifs is 1. The van der Waals surface area contributed by atoms with Gasteiger partial charge < -0.3 is 15.5 Å². The first-order chi connectivity index (χ1) is 18.7. The molecule has 0 spiro atoms. The third-order valence-corrected chi connectivity index (χ3v) is 7.20. The van der Waals surface area contributed by atoms with Crippen LogP contribution >= 0.6 is 0 Å². The lowest BCUT2D eigenvalue weighted by molar-refractivity contribution is -0.122. The van der Waals surface area contributed by atoms with Crippen molar-refractivity contribution in [2.45, 2.75) is 40.2 Å². The Labute approximate surface area is 228 Å². The van der Waals surface area contributed by atoms with Crippen molar-refractivity contribution in [1.82, 2.24) is 25.3 Å². The maximum atomic E-state index is 13.9. The highest BCUT2D eigenvalue weighted by Crippen LogP contribution is 2.20. The SMILES string of the molecule is CCNC(=O)Cc1nn(CC(=O)NCCCN2CCN(c3ccc(C)c(C)c3)CC2)c(=O)c2cc(F)ccc12. The van der Waals surface area contributed by atoms with E-state index in [4.69, 9.17) is 0 Å². The molecule has 1 aliphatic rings. The number of rotatable bonds is 10. The van der Waals surface area contributed by atoms with Crippen molar-refractivity contribution in [2.24, 2.45) is 0 Å². The van der Waals surface area contributed by atoms with Gasteiger partial charge in [-0.05, 0) is 75.2 Å². The molecule has 9 nitrogen and oxygen atoms in total. The van der Waals surface area contributed by atoms with Crippen LogP contribution in [0.4, 0.5) is 10.1 Å². The number of nitrogens with one attached hydrogen (secondary N) is 2. The van der Waals surface area contributed by atoms with Crippen molar-refractivity contribution < 1.29 is 14.0 Å². The number of aryl methyl sites for hydroxylation is 2. The Bertz CT molecular complexity index is 1400. The molecule has 0 bridgehead atoms. The van der Waals surface area contributed by atoms with E-state index in [1.807, 2.05) is 0 Å². The monoisotopic (exact) mass is 536 g/mol. The molecule has 0 unspecified atom stereocenters. The van der Waals surface area contributed by atoms with E-state index >= 15 is 0 Å². The van der Waals surface area contributed by atoms with Crippen molar-refractivity contribution in [3.63, 3.8) is 0 Å². The van der Waals surface area contributed by atoms with Gasteiger partial charge in [0.15, 0.2) is 0 Å². The van der Waals surface area contributed by atoms with Gasteiger partial charge in [0, 0.05) is 50.3 Å². The number of hydrogen-bond donors (Lipinski definition) is 2. The highest BCUT2D eigenvalue weighted by Gasteiger charge is 2.18. The number of amides is 2. The van der Waals surface area contributed by atoms with E-state index in [1.54, 1.807) is 6.92 Å². The predicted molar refractivity (Wildman–Crippen MR) is 151 cm³/mol. The molecule has 3 aromatic rings. The van der Waals surface area contributed by atoms with E-state index in [2.05, 4.69) is 57.6 Å². The predicted octanol–water partition coefficient (Wildman–Crippen LogP) is 2.16. The molecule has 1 aromatic heterocycles. The largest absolute Gasteiger partial charge is 0.369 e. The zero-order valence-electron chi connectivity index (χ0n) is 22.9. The first-order valence-corrected chi connectivity index (χ1v) is 13.5. The smallest absolute Gasteiger partial charge is 0.275 e. The van der Waals surface area contributed by atoms with Crippen LogP contribution in [0, 0.1) is 19.7 Å². The van der Waals surface area contributed by atoms with Crippen LogP contribution in [0.5, 0.6) is 0 Å². The number of carbonyl (C=O) groups excluding carboxylic acids is 2. The molecule has 0 radical (unpaired) electrons. The van der Waals surface area contributed by atoms with Crippen LogP contribution < -0.4 is 21.1 Å². The number of piperazine rings is 1. The summed E-state index contributed by atoms with van der Waals surface area (Å²) in [6, 6.07) is 10.4. The highest BCUT2D eigenvalue weighted by atomic mass is 19.1. The van der Waals surface area contributed by atoms with E-state index in [1.165, 1.54) is 28.9 Å². The molecular weight excluding hydrogens is 499 g/mol. The third kappa shape index (κ3) is 7.20. The van der Waals surface area contributed by atoms with Crippen LogP contribution in [0.15, 0.2) is 41.2 Å². The van der Waals surface area contributed by atoms with Gasteiger partial charge in [0.25, 0.3) is 5.56 Å². The molecule has 2 heterocycles. The molecule has 2 amide bonds. The van der Waals surface area contributed by atoms with Crippen molar-refractivity contribution in [2.75, 3.05) is 50.7 Å².